The molecule has 0 fully saturated rings. The predicted octanol–water partition coefficient (Wildman–Crippen LogP) is 3.16. The van der Waals surface area contributed by atoms with Crippen molar-refractivity contribution in [1.82, 2.24) is 0 Å². The largest absolute Gasteiger partial charge is 0.482 e. The molecule has 2 rings (SSSR count). The lowest BCUT2D eigenvalue weighted by atomic mass is 10.2. The molecule has 1 N–H and O–H groups in total. The summed E-state index contributed by atoms with van der Waals surface area (Å²) in [7, 11) is 1.53. The number of hydrogen-bond acceptors (Lipinski definition) is 5. The molecular formula is C18H18ClNO5. The molecule has 25 heavy (non-hydrogen) atoms. The molecule has 0 spiro atoms. The van der Waals surface area contributed by atoms with Crippen LogP contribution in [0.15, 0.2) is 48.5 Å². The van der Waals surface area contributed by atoms with Gasteiger partial charge in [-0.15, -0.1) is 0 Å². The van der Waals surface area contributed by atoms with E-state index in [0.29, 0.717) is 28.6 Å². The summed E-state index contributed by atoms with van der Waals surface area (Å²) < 4.78 is 15.2. The first-order chi connectivity index (χ1) is 12.1. The van der Waals surface area contributed by atoms with E-state index < -0.39 is 5.97 Å². The molecule has 0 atom stereocenters. The third-order valence-corrected chi connectivity index (χ3v) is 3.43. The Labute approximate surface area is 150 Å². The maximum absolute atomic E-state index is 11.9. The van der Waals surface area contributed by atoms with E-state index in [1.807, 2.05) is 0 Å². The van der Waals surface area contributed by atoms with Gasteiger partial charge in [-0.1, -0.05) is 23.7 Å². The number of carbonyl (C=O) groups is 2. The first-order valence-electron chi connectivity index (χ1n) is 7.53. The van der Waals surface area contributed by atoms with Gasteiger partial charge in [0.25, 0.3) is 5.91 Å². The number of ether oxygens (including phenoxy) is 3. The summed E-state index contributed by atoms with van der Waals surface area (Å²) in [5.41, 5.74) is 0.933. The van der Waals surface area contributed by atoms with Crippen LogP contribution in [0.2, 0.25) is 5.02 Å². The lowest BCUT2D eigenvalue weighted by Gasteiger charge is -2.09. The van der Waals surface area contributed by atoms with Gasteiger partial charge in [-0.25, -0.2) is 4.79 Å². The van der Waals surface area contributed by atoms with Crippen LogP contribution in [0.5, 0.6) is 5.75 Å². The van der Waals surface area contributed by atoms with Crippen molar-refractivity contribution in [3.05, 3.63) is 59.1 Å². The number of hydrogen-bond donors (Lipinski definition) is 1. The molecule has 2 aromatic carbocycles. The highest BCUT2D eigenvalue weighted by atomic mass is 35.5. The number of amides is 1. The molecule has 0 radical (unpaired) electrons. The van der Waals surface area contributed by atoms with Gasteiger partial charge in [0.1, 0.15) is 12.4 Å². The number of anilines is 1. The van der Waals surface area contributed by atoms with Crippen LogP contribution >= 0.6 is 11.6 Å². The number of para-hydroxylation sites is 1. The van der Waals surface area contributed by atoms with Crippen LogP contribution in [0.25, 0.3) is 0 Å². The summed E-state index contributed by atoms with van der Waals surface area (Å²) >= 11 is 5.95. The van der Waals surface area contributed by atoms with Crippen molar-refractivity contribution in [1.29, 1.82) is 0 Å². The Morgan fingerprint density at radius 2 is 1.76 bits per heavy atom. The Balaban J connectivity index is 1.83. The number of nitrogens with one attached hydrogen (secondary N) is 1. The number of methoxy groups -OCH3 is 1. The van der Waals surface area contributed by atoms with Crippen LogP contribution < -0.4 is 10.1 Å². The standard InChI is InChI=1S/C18H18ClNO5/c1-23-10-11-24-18(22)13-6-8-14(9-7-13)20-17(21)12-25-16-5-3-2-4-15(16)19/h2-9H,10-12H2,1H3,(H,20,21). The summed E-state index contributed by atoms with van der Waals surface area (Å²) in [4.78, 5) is 23.7. The molecule has 0 aliphatic rings. The lowest BCUT2D eigenvalue weighted by Crippen LogP contribution is -2.20. The predicted molar refractivity (Wildman–Crippen MR) is 94.2 cm³/mol. The van der Waals surface area contributed by atoms with E-state index in [0.717, 1.165) is 0 Å². The zero-order valence-electron chi connectivity index (χ0n) is 13.7. The van der Waals surface area contributed by atoms with Crippen LogP contribution in [0.1, 0.15) is 10.4 Å². The molecule has 0 aliphatic carbocycles. The zero-order chi connectivity index (χ0) is 18.1. The Bertz CT molecular complexity index is 718. The summed E-state index contributed by atoms with van der Waals surface area (Å²) in [6, 6.07) is 13.3. The normalized spacial score (nSPS) is 10.2. The van der Waals surface area contributed by atoms with Crippen molar-refractivity contribution in [2.24, 2.45) is 0 Å². The Hall–Kier alpha value is -2.57. The first kappa shape index (κ1) is 18.8. The highest BCUT2D eigenvalue weighted by Gasteiger charge is 2.09. The van der Waals surface area contributed by atoms with Crippen molar-refractivity contribution < 1.29 is 23.8 Å². The number of carbonyl (C=O) groups excluding carboxylic acids is 2. The molecule has 2 aromatic rings. The van der Waals surface area contributed by atoms with Gasteiger partial charge >= 0.3 is 5.97 Å². The minimum absolute atomic E-state index is 0.176. The molecular weight excluding hydrogens is 346 g/mol. The van der Waals surface area contributed by atoms with E-state index >= 15 is 0 Å². The third-order valence-electron chi connectivity index (χ3n) is 3.12. The molecule has 0 aromatic heterocycles. The van der Waals surface area contributed by atoms with E-state index in [1.165, 1.54) is 7.11 Å². The smallest absolute Gasteiger partial charge is 0.338 e. The van der Waals surface area contributed by atoms with Gasteiger partial charge < -0.3 is 19.5 Å². The van der Waals surface area contributed by atoms with E-state index in [4.69, 9.17) is 25.8 Å². The molecule has 132 valence electrons. The molecule has 0 saturated heterocycles. The van der Waals surface area contributed by atoms with Gasteiger partial charge in [0.05, 0.1) is 17.2 Å². The van der Waals surface area contributed by atoms with Crippen molar-refractivity contribution in [3.63, 3.8) is 0 Å². The van der Waals surface area contributed by atoms with E-state index in [2.05, 4.69) is 5.32 Å². The monoisotopic (exact) mass is 363 g/mol. The SMILES string of the molecule is COCCOC(=O)c1ccc(NC(=O)COc2ccccc2Cl)cc1. The fourth-order valence-electron chi connectivity index (χ4n) is 1.89. The highest BCUT2D eigenvalue weighted by molar-refractivity contribution is 6.32. The number of rotatable bonds is 8. The molecule has 0 saturated carbocycles. The molecule has 0 unspecified atom stereocenters. The number of benzene rings is 2. The van der Waals surface area contributed by atoms with Crippen LogP contribution in [0.4, 0.5) is 5.69 Å². The van der Waals surface area contributed by atoms with E-state index in [9.17, 15) is 9.59 Å². The van der Waals surface area contributed by atoms with E-state index in [1.54, 1.807) is 48.5 Å². The second-order valence-electron chi connectivity index (χ2n) is 4.97. The average Bonchev–Trinajstić information content (AvgIpc) is 2.62. The molecule has 6 nitrogen and oxygen atoms in total. The second-order valence-corrected chi connectivity index (χ2v) is 5.38. The third kappa shape index (κ3) is 6.10. The summed E-state index contributed by atoms with van der Waals surface area (Å²) in [5, 5.41) is 3.11. The highest BCUT2D eigenvalue weighted by Crippen LogP contribution is 2.23. The number of esters is 1. The van der Waals surface area contributed by atoms with Crippen LogP contribution in [0.3, 0.4) is 0 Å². The van der Waals surface area contributed by atoms with Gasteiger partial charge in [0.15, 0.2) is 6.61 Å². The molecule has 0 aliphatic heterocycles. The minimum atomic E-state index is -0.447. The van der Waals surface area contributed by atoms with Crippen LogP contribution in [-0.4, -0.2) is 38.8 Å². The van der Waals surface area contributed by atoms with Crippen molar-refractivity contribution in [2.75, 3.05) is 32.2 Å². The Morgan fingerprint density at radius 1 is 1.04 bits per heavy atom. The van der Waals surface area contributed by atoms with Crippen molar-refractivity contribution in [3.8, 4) is 5.75 Å². The maximum Gasteiger partial charge on any atom is 0.338 e. The number of halogens is 1. The topological polar surface area (TPSA) is 73.9 Å². The van der Waals surface area contributed by atoms with Gasteiger partial charge in [0.2, 0.25) is 0 Å². The summed E-state index contributed by atoms with van der Waals surface area (Å²) in [6.45, 7) is 0.350. The molecule has 7 heteroatoms. The fraction of sp³-hybridized carbons (Fsp3) is 0.222. The van der Waals surface area contributed by atoms with Crippen LogP contribution in [0, 0.1) is 0 Å². The fourth-order valence-corrected chi connectivity index (χ4v) is 2.08. The van der Waals surface area contributed by atoms with Gasteiger partial charge in [0, 0.05) is 12.8 Å². The van der Waals surface area contributed by atoms with Crippen molar-refractivity contribution in [2.45, 2.75) is 0 Å². The minimum Gasteiger partial charge on any atom is -0.482 e. The molecule has 0 heterocycles. The Morgan fingerprint density at radius 3 is 2.44 bits per heavy atom. The average molecular weight is 364 g/mol. The lowest BCUT2D eigenvalue weighted by molar-refractivity contribution is -0.118. The molecule has 0 bridgehead atoms. The van der Waals surface area contributed by atoms with E-state index in [-0.39, 0.29) is 19.1 Å². The van der Waals surface area contributed by atoms with Gasteiger partial charge in [-0.3, -0.25) is 4.79 Å². The summed E-state index contributed by atoms with van der Waals surface area (Å²) in [5.74, 6) is -0.346. The summed E-state index contributed by atoms with van der Waals surface area (Å²) in [6.07, 6.45) is 0. The van der Waals surface area contributed by atoms with Gasteiger partial charge in [-0.05, 0) is 36.4 Å². The Kier molecular flexibility index (Phi) is 7.25. The maximum atomic E-state index is 11.9. The van der Waals surface area contributed by atoms with Gasteiger partial charge in [-0.2, -0.15) is 0 Å². The first-order valence-corrected chi connectivity index (χ1v) is 7.91. The van der Waals surface area contributed by atoms with Crippen LogP contribution in [-0.2, 0) is 14.3 Å². The quantitative estimate of drug-likeness (QED) is 0.576. The molecule has 1 amide bonds. The second kappa shape index (κ2) is 9.66. The van der Waals surface area contributed by atoms with Crippen molar-refractivity contribution >= 4 is 29.2 Å². The zero-order valence-corrected chi connectivity index (χ0v) is 14.4.